The summed E-state index contributed by atoms with van der Waals surface area (Å²) in [7, 11) is 0. The normalized spacial score (nSPS) is 14.3. The molecule has 4 heteroatoms. The maximum atomic E-state index is 13.3. The van der Waals surface area contributed by atoms with E-state index in [1.807, 2.05) is 29.2 Å². The van der Waals surface area contributed by atoms with Gasteiger partial charge in [0.25, 0.3) is 0 Å². The van der Waals surface area contributed by atoms with Crippen molar-refractivity contribution in [2.75, 3.05) is 4.90 Å². The van der Waals surface area contributed by atoms with Crippen LogP contribution in [0.25, 0.3) is 0 Å². The zero-order chi connectivity index (χ0) is 16.4. The number of hydrogen-bond acceptors (Lipinski definition) is 2. The predicted octanol–water partition coefficient (Wildman–Crippen LogP) is 5.74. The molecule has 1 amide bonds. The molecule has 0 fully saturated rings. The molecule has 0 N–H and O–H groups in total. The van der Waals surface area contributed by atoms with Crippen molar-refractivity contribution in [3.8, 4) is 0 Å². The SMILES string of the molecule is CC[As](CC)C(C)C(=O)N1c2ccccc2Sc2ccccc21. The van der Waals surface area contributed by atoms with E-state index in [0.717, 1.165) is 11.4 Å². The number of rotatable bonds is 4. The summed E-state index contributed by atoms with van der Waals surface area (Å²) in [5.41, 5.74) is 2.07. The fourth-order valence-electron chi connectivity index (χ4n) is 3.06. The number of carbonyl (C=O) groups is 1. The summed E-state index contributed by atoms with van der Waals surface area (Å²) >= 11 is 0.638. The standard InChI is InChI=1S/C19H22AsNOS/c1-4-20(5-2)14(3)19(22)21-15-10-6-8-12-17(15)23-18-13-9-7-11-16(18)21/h6-14H,4-5H2,1-3H3. The Hall–Kier alpha value is -1.18. The number of hydrogen-bond donors (Lipinski definition) is 0. The molecule has 1 atom stereocenters. The quantitative estimate of drug-likeness (QED) is 0.624. The van der Waals surface area contributed by atoms with Crippen LogP contribution >= 0.6 is 11.8 Å². The first-order valence-corrected chi connectivity index (χ1v) is 12.7. The summed E-state index contributed by atoms with van der Waals surface area (Å²) in [5.74, 6) is 0.272. The molecule has 23 heavy (non-hydrogen) atoms. The predicted molar refractivity (Wildman–Crippen MR) is 100 cm³/mol. The van der Waals surface area contributed by atoms with Gasteiger partial charge in [-0.2, -0.15) is 0 Å². The van der Waals surface area contributed by atoms with Gasteiger partial charge in [-0.25, -0.2) is 0 Å². The molecule has 2 nitrogen and oxygen atoms in total. The van der Waals surface area contributed by atoms with Gasteiger partial charge in [0.2, 0.25) is 0 Å². The molecule has 1 heterocycles. The monoisotopic (exact) mass is 387 g/mol. The average molecular weight is 387 g/mol. The Morgan fingerprint density at radius 1 is 1.00 bits per heavy atom. The van der Waals surface area contributed by atoms with Crippen molar-refractivity contribution >= 4 is 43.7 Å². The first-order valence-electron chi connectivity index (χ1n) is 8.11. The second-order valence-corrected chi connectivity index (χ2v) is 13.4. The number of benzene rings is 2. The van der Waals surface area contributed by atoms with E-state index in [-0.39, 0.29) is 10.6 Å². The van der Waals surface area contributed by atoms with Crippen LogP contribution in [0.5, 0.6) is 0 Å². The van der Waals surface area contributed by atoms with Crippen LogP contribution in [0.2, 0.25) is 15.1 Å². The molecule has 2 aromatic carbocycles. The van der Waals surface area contributed by atoms with Gasteiger partial charge in [-0.05, 0) is 0 Å². The average Bonchev–Trinajstić information content (AvgIpc) is 2.60. The van der Waals surface area contributed by atoms with Crippen LogP contribution in [-0.4, -0.2) is 20.6 Å². The van der Waals surface area contributed by atoms with E-state index in [1.54, 1.807) is 11.8 Å². The number of carbonyl (C=O) groups excluding carboxylic acids is 1. The number of anilines is 2. The van der Waals surface area contributed by atoms with Crippen LogP contribution in [0, 0.1) is 0 Å². The van der Waals surface area contributed by atoms with E-state index in [2.05, 4.69) is 45.0 Å². The summed E-state index contributed by atoms with van der Waals surface area (Å²) in [4.78, 5) is 17.6. The second-order valence-electron chi connectivity index (χ2n) is 5.61. The van der Waals surface area contributed by atoms with Crippen molar-refractivity contribution in [3.63, 3.8) is 0 Å². The van der Waals surface area contributed by atoms with Crippen molar-refractivity contribution in [2.24, 2.45) is 0 Å². The molecule has 1 aliphatic heterocycles. The molecule has 0 radical (unpaired) electrons. The Bertz CT molecular complexity index is 669. The fourth-order valence-corrected chi connectivity index (χ4v) is 8.25. The Balaban J connectivity index is 2.06. The molecule has 3 rings (SSSR count). The van der Waals surface area contributed by atoms with Gasteiger partial charge in [-0.15, -0.1) is 0 Å². The number of nitrogens with zero attached hydrogens (tertiary/aromatic N) is 1. The zero-order valence-corrected chi connectivity index (χ0v) is 16.5. The number of amides is 1. The maximum absolute atomic E-state index is 13.3. The summed E-state index contributed by atoms with van der Waals surface area (Å²) in [6.45, 7) is 6.62. The second kappa shape index (κ2) is 7.15. The van der Waals surface area contributed by atoms with Crippen LogP contribution in [0.1, 0.15) is 20.8 Å². The van der Waals surface area contributed by atoms with E-state index in [9.17, 15) is 4.79 Å². The van der Waals surface area contributed by atoms with E-state index in [4.69, 9.17) is 0 Å². The molecule has 120 valence electrons. The van der Waals surface area contributed by atoms with Gasteiger partial charge in [-0.1, -0.05) is 0 Å². The molecule has 0 aliphatic carbocycles. The van der Waals surface area contributed by atoms with Crippen LogP contribution in [0.15, 0.2) is 58.3 Å². The summed E-state index contributed by atoms with van der Waals surface area (Å²) in [5, 5.41) is 2.37. The van der Waals surface area contributed by atoms with Crippen LogP contribution < -0.4 is 4.90 Å². The minimum atomic E-state index is -1.12. The van der Waals surface area contributed by atoms with Crippen molar-refractivity contribution in [3.05, 3.63) is 48.5 Å². The van der Waals surface area contributed by atoms with E-state index < -0.39 is 14.7 Å². The Labute approximate surface area is 147 Å². The van der Waals surface area contributed by atoms with Crippen LogP contribution in [-0.2, 0) is 4.79 Å². The fraction of sp³-hybridized carbons (Fsp3) is 0.316. The third-order valence-corrected chi connectivity index (χ3v) is 11.7. The van der Waals surface area contributed by atoms with E-state index >= 15 is 0 Å². The van der Waals surface area contributed by atoms with Crippen molar-refractivity contribution < 1.29 is 4.79 Å². The molecule has 0 aromatic heterocycles. The molecule has 2 aromatic rings. The van der Waals surface area contributed by atoms with Gasteiger partial charge in [0.05, 0.1) is 0 Å². The van der Waals surface area contributed by atoms with Gasteiger partial charge in [0.1, 0.15) is 0 Å². The van der Waals surface area contributed by atoms with E-state index in [0.29, 0.717) is 0 Å². The zero-order valence-electron chi connectivity index (χ0n) is 13.8. The van der Waals surface area contributed by atoms with Gasteiger partial charge in [0.15, 0.2) is 0 Å². The first kappa shape index (κ1) is 16.7. The summed E-state index contributed by atoms with van der Waals surface area (Å²) < 4.78 is 0.168. The third kappa shape index (κ3) is 3.09. The molecular weight excluding hydrogens is 365 g/mol. The summed E-state index contributed by atoms with van der Waals surface area (Å²) in [6, 6.07) is 16.5. The van der Waals surface area contributed by atoms with Crippen LogP contribution in [0.3, 0.4) is 0 Å². The molecule has 0 spiro atoms. The number of fused-ring (bicyclic) bond motifs is 2. The Kier molecular flexibility index (Phi) is 5.18. The Morgan fingerprint density at radius 2 is 1.48 bits per heavy atom. The molecule has 1 unspecified atom stereocenters. The van der Waals surface area contributed by atoms with Crippen LogP contribution in [0.4, 0.5) is 11.4 Å². The minimum absolute atomic E-state index is 0.168. The van der Waals surface area contributed by atoms with E-state index in [1.165, 1.54) is 20.2 Å². The molecule has 1 aliphatic rings. The molecule has 0 saturated carbocycles. The third-order valence-electron chi connectivity index (χ3n) is 4.37. The van der Waals surface area contributed by atoms with Gasteiger partial charge >= 0.3 is 148 Å². The molecular formula is C19H22AsNOS. The topological polar surface area (TPSA) is 20.3 Å². The molecule has 0 bridgehead atoms. The summed E-state index contributed by atoms with van der Waals surface area (Å²) in [6.07, 6.45) is 0. The van der Waals surface area contributed by atoms with Crippen molar-refractivity contribution in [1.82, 2.24) is 0 Å². The number of para-hydroxylation sites is 2. The van der Waals surface area contributed by atoms with Gasteiger partial charge in [0, 0.05) is 0 Å². The van der Waals surface area contributed by atoms with Crippen molar-refractivity contribution in [2.45, 2.75) is 45.7 Å². The Morgan fingerprint density at radius 3 is 1.96 bits per heavy atom. The van der Waals surface area contributed by atoms with Gasteiger partial charge < -0.3 is 0 Å². The molecule has 0 saturated heterocycles. The van der Waals surface area contributed by atoms with Crippen molar-refractivity contribution in [1.29, 1.82) is 0 Å². The van der Waals surface area contributed by atoms with Gasteiger partial charge in [-0.3, -0.25) is 0 Å². The first-order chi connectivity index (χ1) is 11.2.